The van der Waals surface area contributed by atoms with Gasteiger partial charge in [0.05, 0.1) is 11.0 Å². The number of benzene rings is 2. The number of rotatable bonds is 9. The van der Waals surface area contributed by atoms with E-state index in [1.54, 1.807) is 0 Å². The van der Waals surface area contributed by atoms with Gasteiger partial charge in [0, 0.05) is 6.54 Å². The summed E-state index contributed by atoms with van der Waals surface area (Å²) in [4.78, 5) is 19.2. The van der Waals surface area contributed by atoms with Crippen LogP contribution < -0.4 is 10.1 Å². The van der Waals surface area contributed by atoms with Crippen molar-refractivity contribution >= 4 is 16.9 Å². The smallest absolute Gasteiger partial charge is 0.240 e. The molecule has 0 aliphatic carbocycles. The van der Waals surface area contributed by atoms with Crippen LogP contribution in [0.15, 0.2) is 54.6 Å². The molecule has 1 aromatic heterocycles. The van der Waals surface area contributed by atoms with Crippen LogP contribution in [0.5, 0.6) is 5.75 Å². The quantitative estimate of drug-likeness (QED) is 0.592. The molecule has 1 heterocycles. The maximum Gasteiger partial charge on any atom is 0.240 e. The molecule has 3 rings (SSSR count). The molecule has 0 aliphatic heterocycles. The zero-order valence-corrected chi connectivity index (χ0v) is 15.9. The number of fused-ring (bicyclic) bond motifs is 1. The number of nitrogens with one attached hydrogen (secondary N) is 1. The van der Waals surface area contributed by atoms with E-state index in [0.29, 0.717) is 13.2 Å². The summed E-state index contributed by atoms with van der Waals surface area (Å²) in [6.45, 7) is 2.16. The van der Waals surface area contributed by atoms with Crippen molar-refractivity contribution in [1.82, 2.24) is 19.8 Å². The summed E-state index contributed by atoms with van der Waals surface area (Å²) in [5.74, 6) is 1.51. The molecule has 0 atom stereocenters. The predicted octanol–water partition coefficient (Wildman–Crippen LogP) is 2.68. The van der Waals surface area contributed by atoms with Crippen LogP contribution >= 0.6 is 0 Å². The van der Waals surface area contributed by atoms with Gasteiger partial charge in [0.15, 0.2) is 0 Å². The lowest BCUT2D eigenvalue weighted by Crippen LogP contribution is -2.30. The van der Waals surface area contributed by atoms with Gasteiger partial charge in [0.2, 0.25) is 5.91 Å². The van der Waals surface area contributed by atoms with Crippen LogP contribution in [-0.2, 0) is 17.9 Å². The Labute approximate surface area is 159 Å². The van der Waals surface area contributed by atoms with E-state index in [1.807, 2.05) is 73.3 Å². The Hall–Kier alpha value is -2.86. The zero-order chi connectivity index (χ0) is 19.1. The SMILES string of the molecule is CN(C)CCCNC(=O)Cn1c(COc2ccccc2)nc2ccccc21. The third-order valence-electron chi connectivity index (χ3n) is 4.25. The fraction of sp³-hybridized carbons (Fsp3) is 0.333. The zero-order valence-electron chi connectivity index (χ0n) is 15.9. The first-order chi connectivity index (χ1) is 13.1. The van der Waals surface area contributed by atoms with Crippen molar-refractivity contribution in [1.29, 1.82) is 0 Å². The van der Waals surface area contributed by atoms with Gasteiger partial charge in [0.25, 0.3) is 0 Å². The summed E-state index contributed by atoms with van der Waals surface area (Å²) in [6.07, 6.45) is 0.924. The lowest BCUT2D eigenvalue weighted by Gasteiger charge is -2.12. The van der Waals surface area contributed by atoms with Crippen molar-refractivity contribution in [3.8, 4) is 5.75 Å². The second-order valence-electron chi connectivity index (χ2n) is 6.71. The normalized spacial score (nSPS) is 11.1. The van der Waals surface area contributed by atoms with Crippen LogP contribution in [0, 0.1) is 0 Å². The van der Waals surface area contributed by atoms with Crippen molar-refractivity contribution in [2.75, 3.05) is 27.2 Å². The minimum Gasteiger partial charge on any atom is -0.486 e. The maximum atomic E-state index is 12.4. The highest BCUT2D eigenvalue weighted by Gasteiger charge is 2.14. The fourth-order valence-electron chi connectivity index (χ4n) is 2.90. The Morgan fingerprint density at radius 2 is 1.85 bits per heavy atom. The van der Waals surface area contributed by atoms with E-state index in [2.05, 4.69) is 15.2 Å². The Bertz CT molecular complexity index is 874. The lowest BCUT2D eigenvalue weighted by atomic mass is 10.3. The van der Waals surface area contributed by atoms with Gasteiger partial charge >= 0.3 is 0 Å². The van der Waals surface area contributed by atoms with E-state index in [-0.39, 0.29) is 12.5 Å². The van der Waals surface area contributed by atoms with E-state index in [9.17, 15) is 4.79 Å². The topological polar surface area (TPSA) is 59.4 Å². The van der Waals surface area contributed by atoms with E-state index in [0.717, 1.165) is 35.6 Å². The van der Waals surface area contributed by atoms with E-state index >= 15 is 0 Å². The van der Waals surface area contributed by atoms with Crippen molar-refractivity contribution in [2.24, 2.45) is 0 Å². The molecule has 6 heteroatoms. The van der Waals surface area contributed by atoms with E-state index in [4.69, 9.17) is 4.74 Å². The van der Waals surface area contributed by atoms with Crippen molar-refractivity contribution in [2.45, 2.75) is 19.6 Å². The standard InChI is InChI=1S/C21H26N4O2/c1-24(2)14-8-13-22-21(26)15-25-19-12-7-6-11-18(19)23-20(25)16-27-17-9-4-3-5-10-17/h3-7,9-12H,8,13-16H2,1-2H3,(H,22,26). The third kappa shape index (κ3) is 5.31. The molecule has 142 valence electrons. The van der Waals surface area contributed by atoms with Gasteiger partial charge in [-0.3, -0.25) is 4.79 Å². The number of aromatic nitrogens is 2. The largest absolute Gasteiger partial charge is 0.486 e. The molecule has 3 aromatic rings. The first-order valence-corrected chi connectivity index (χ1v) is 9.17. The molecule has 0 aliphatic rings. The Morgan fingerprint density at radius 3 is 2.63 bits per heavy atom. The molecular weight excluding hydrogens is 340 g/mol. The average Bonchev–Trinajstić information content (AvgIpc) is 3.02. The number of para-hydroxylation sites is 3. The van der Waals surface area contributed by atoms with Crippen LogP contribution in [0.4, 0.5) is 0 Å². The van der Waals surface area contributed by atoms with Crippen LogP contribution in [0.25, 0.3) is 11.0 Å². The van der Waals surface area contributed by atoms with Gasteiger partial charge in [0.1, 0.15) is 24.7 Å². The van der Waals surface area contributed by atoms with E-state index < -0.39 is 0 Å². The summed E-state index contributed by atoms with van der Waals surface area (Å²) in [7, 11) is 4.05. The van der Waals surface area contributed by atoms with Crippen molar-refractivity contribution in [3.05, 3.63) is 60.4 Å². The molecule has 0 bridgehead atoms. The number of hydrogen-bond acceptors (Lipinski definition) is 4. The third-order valence-corrected chi connectivity index (χ3v) is 4.25. The van der Waals surface area contributed by atoms with Crippen LogP contribution in [0.3, 0.4) is 0 Å². The molecule has 0 unspecified atom stereocenters. The van der Waals surface area contributed by atoms with Gasteiger partial charge in [-0.2, -0.15) is 0 Å². The minimum atomic E-state index is -0.0159. The summed E-state index contributed by atoms with van der Waals surface area (Å²) in [5, 5.41) is 2.99. The van der Waals surface area contributed by atoms with Crippen LogP contribution in [-0.4, -0.2) is 47.5 Å². The summed E-state index contributed by atoms with van der Waals surface area (Å²) in [6, 6.07) is 17.5. The summed E-state index contributed by atoms with van der Waals surface area (Å²) < 4.78 is 7.78. The van der Waals surface area contributed by atoms with Crippen LogP contribution in [0.1, 0.15) is 12.2 Å². The highest BCUT2D eigenvalue weighted by molar-refractivity contribution is 5.81. The molecule has 0 saturated heterocycles. The lowest BCUT2D eigenvalue weighted by molar-refractivity contribution is -0.121. The molecule has 6 nitrogen and oxygen atoms in total. The minimum absolute atomic E-state index is 0.0159. The number of carbonyl (C=O) groups is 1. The molecule has 0 radical (unpaired) electrons. The monoisotopic (exact) mass is 366 g/mol. The number of ether oxygens (including phenoxy) is 1. The highest BCUT2D eigenvalue weighted by Crippen LogP contribution is 2.18. The Morgan fingerprint density at radius 1 is 1.11 bits per heavy atom. The van der Waals surface area contributed by atoms with E-state index in [1.165, 1.54) is 0 Å². The Balaban J connectivity index is 1.69. The maximum absolute atomic E-state index is 12.4. The van der Waals surface area contributed by atoms with Crippen molar-refractivity contribution < 1.29 is 9.53 Å². The average molecular weight is 366 g/mol. The number of carbonyl (C=O) groups excluding carboxylic acids is 1. The molecule has 1 N–H and O–H groups in total. The first kappa shape index (κ1) is 18.9. The molecule has 0 saturated carbocycles. The van der Waals surface area contributed by atoms with Gasteiger partial charge in [-0.05, 0) is 51.3 Å². The van der Waals surface area contributed by atoms with Crippen LogP contribution in [0.2, 0.25) is 0 Å². The number of amides is 1. The molecule has 1 amide bonds. The van der Waals surface area contributed by atoms with Gasteiger partial charge in [-0.25, -0.2) is 4.98 Å². The fourth-order valence-corrected chi connectivity index (χ4v) is 2.90. The van der Waals surface area contributed by atoms with Gasteiger partial charge in [-0.15, -0.1) is 0 Å². The summed E-state index contributed by atoms with van der Waals surface area (Å²) >= 11 is 0. The number of hydrogen-bond donors (Lipinski definition) is 1. The molecule has 0 spiro atoms. The number of nitrogens with zero attached hydrogens (tertiary/aromatic N) is 3. The summed E-state index contributed by atoms with van der Waals surface area (Å²) in [5.41, 5.74) is 1.80. The highest BCUT2D eigenvalue weighted by atomic mass is 16.5. The molecular formula is C21H26N4O2. The second kappa shape index (κ2) is 9.19. The number of imidazole rings is 1. The Kier molecular flexibility index (Phi) is 6.44. The van der Waals surface area contributed by atoms with Gasteiger partial charge in [-0.1, -0.05) is 30.3 Å². The molecule has 27 heavy (non-hydrogen) atoms. The molecule has 0 fully saturated rings. The molecule has 2 aromatic carbocycles. The van der Waals surface area contributed by atoms with Gasteiger partial charge < -0.3 is 19.5 Å². The second-order valence-corrected chi connectivity index (χ2v) is 6.71. The van der Waals surface area contributed by atoms with Crippen molar-refractivity contribution in [3.63, 3.8) is 0 Å². The first-order valence-electron chi connectivity index (χ1n) is 9.17. The predicted molar refractivity (Wildman–Crippen MR) is 107 cm³/mol.